The molecule has 0 aliphatic heterocycles. The number of nitrogen functional groups attached to an aromatic ring is 1. The Kier molecular flexibility index (Phi) is 3.24. The minimum atomic E-state index is 0.720. The Bertz CT molecular complexity index is 558. The number of aromatic nitrogens is 2. The molecule has 2 rings (SSSR count). The molecule has 0 unspecified atom stereocenters. The van der Waals surface area contributed by atoms with Gasteiger partial charge in [-0.2, -0.15) is 0 Å². The first-order valence-electron chi connectivity index (χ1n) is 5.62. The van der Waals surface area contributed by atoms with Crippen LogP contribution in [0.2, 0.25) is 0 Å². The van der Waals surface area contributed by atoms with Gasteiger partial charge in [0.25, 0.3) is 0 Å². The van der Waals surface area contributed by atoms with Crippen LogP contribution in [0, 0.1) is 6.92 Å². The molecule has 2 aromatic rings. The number of imidazole rings is 1. The molecule has 17 heavy (non-hydrogen) atoms. The van der Waals surface area contributed by atoms with Crippen molar-refractivity contribution in [3.63, 3.8) is 0 Å². The minimum Gasteiger partial charge on any atom is -0.383 e. The van der Waals surface area contributed by atoms with Gasteiger partial charge in [0, 0.05) is 23.5 Å². The third-order valence-electron chi connectivity index (χ3n) is 2.99. The summed E-state index contributed by atoms with van der Waals surface area (Å²) in [6.07, 6.45) is 0.883. The summed E-state index contributed by atoms with van der Waals surface area (Å²) in [7, 11) is 1.95. The molecule has 1 heterocycles. The van der Waals surface area contributed by atoms with E-state index >= 15 is 0 Å². The van der Waals surface area contributed by atoms with Crippen LogP contribution in [0.1, 0.15) is 18.3 Å². The van der Waals surface area contributed by atoms with Crippen LogP contribution in [0.5, 0.6) is 0 Å². The Morgan fingerprint density at radius 3 is 2.65 bits per heavy atom. The quantitative estimate of drug-likeness (QED) is 0.923. The Morgan fingerprint density at radius 2 is 2.12 bits per heavy atom. The van der Waals surface area contributed by atoms with Crippen LogP contribution < -0.4 is 5.73 Å². The molecular weight excluding hydrogens is 278 g/mol. The smallest absolute Gasteiger partial charge is 0.131 e. The Balaban J connectivity index is 2.56. The highest BCUT2D eigenvalue weighted by atomic mass is 79.9. The van der Waals surface area contributed by atoms with Crippen molar-refractivity contribution in [3.05, 3.63) is 34.1 Å². The second kappa shape index (κ2) is 4.53. The predicted molar refractivity (Wildman–Crippen MR) is 74.9 cm³/mol. The van der Waals surface area contributed by atoms with Gasteiger partial charge in [0.2, 0.25) is 0 Å². The van der Waals surface area contributed by atoms with Gasteiger partial charge in [0.15, 0.2) is 0 Å². The first-order chi connectivity index (χ1) is 8.04. The van der Waals surface area contributed by atoms with Gasteiger partial charge in [0.1, 0.15) is 17.3 Å². The third kappa shape index (κ3) is 2.09. The number of anilines is 1. The molecule has 0 aliphatic carbocycles. The molecule has 0 amide bonds. The topological polar surface area (TPSA) is 43.8 Å². The maximum Gasteiger partial charge on any atom is 0.131 e. The summed E-state index contributed by atoms with van der Waals surface area (Å²) in [4.78, 5) is 4.59. The van der Waals surface area contributed by atoms with Crippen molar-refractivity contribution in [2.45, 2.75) is 20.3 Å². The van der Waals surface area contributed by atoms with E-state index in [-0.39, 0.29) is 0 Å². The Morgan fingerprint density at radius 1 is 1.41 bits per heavy atom. The van der Waals surface area contributed by atoms with Crippen LogP contribution in [0.3, 0.4) is 0 Å². The van der Waals surface area contributed by atoms with Gasteiger partial charge in [-0.1, -0.05) is 35.0 Å². The number of aryl methyl sites for hydroxylation is 2. The molecular formula is C13H16BrN3. The average Bonchev–Trinajstić information content (AvgIpc) is 2.60. The van der Waals surface area contributed by atoms with Crippen molar-refractivity contribution in [3.8, 4) is 11.3 Å². The molecule has 0 atom stereocenters. The molecule has 2 N–H and O–H groups in total. The standard InChI is InChI=1S/C13H16BrN3/c1-4-11-16-12(13(15)17(11)3)9-6-5-8(2)10(14)7-9/h5-7H,4,15H2,1-3H3. The fourth-order valence-electron chi connectivity index (χ4n) is 1.83. The fraction of sp³-hybridized carbons (Fsp3) is 0.308. The molecule has 3 nitrogen and oxygen atoms in total. The summed E-state index contributed by atoms with van der Waals surface area (Å²) in [5.41, 5.74) is 9.21. The van der Waals surface area contributed by atoms with Gasteiger partial charge in [-0.15, -0.1) is 0 Å². The lowest BCUT2D eigenvalue weighted by Crippen LogP contribution is -2.00. The highest BCUT2D eigenvalue weighted by Gasteiger charge is 2.13. The van der Waals surface area contributed by atoms with E-state index < -0.39 is 0 Å². The molecule has 0 saturated heterocycles. The van der Waals surface area contributed by atoms with Crippen molar-refractivity contribution < 1.29 is 0 Å². The summed E-state index contributed by atoms with van der Waals surface area (Å²) < 4.78 is 3.03. The summed E-state index contributed by atoms with van der Waals surface area (Å²) >= 11 is 3.53. The molecule has 0 saturated carbocycles. The van der Waals surface area contributed by atoms with E-state index in [1.54, 1.807) is 0 Å². The molecule has 0 spiro atoms. The molecule has 0 fully saturated rings. The number of rotatable bonds is 2. The van der Waals surface area contributed by atoms with Crippen LogP contribution in [0.15, 0.2) is 22.7 Å². The lowest BCUT2D eigenvalue weighted by atomic mass is 10.1. The second-order valence-corrected chi connectivity index (χ2v) is 4.99. The highest BCUT2D eigenvalue weighted by molar-refractivity contribution is 9.10. The lowest BCUT2D eigenvalue weighted by Gasteiger charge is -2.03. The van der Waals surface area contributed by atoms with E-state index in [0.29, 0.717) is 0 Å². The molecule has 1 aromatic heterocycles. The van der Waals surface area contributed by atoms with E-state index in [1.807, 2.05) is 11.6 Å². The summed E-state index contributed by atoms with van der Waals surface area (Å²) in [6, 6.07) is 6.19. The summed E-state index contributed by atoms with van der Waals surface area (Å²) in [6.45, 7) is 4.14. The van der Waals surface area contributed by atoms with E-state index in [1.165, 1.54) is 5.56 Å². The zero-order chi connectivity index (χ0) is 12.6. The monoisotopic (exact) mass is 293 g/mol. The highest BCUT2D eigenvalue weighted by Crippen LogP contribution is 2.29. The van der Waals surface area contributed by atoms with Crippen LogP contribution in [-0.4, -0.2) is 9.55 Å². The SMILES string of the molecule is CCc1nc(-c2ccc(C)c(Br)c2)c(N)n1C. The van der Waals surface area contributed by atoms with Crippen LogP contribution in [0.25, 0.3) is 11.3 Å². The van der Waals surface area contributed by atoms with Crippen molar-refractivity contribution >= 4 is 21.7 Å². The van der Waals surface area contributed by atoms with Crippen molar-refractivity contribution in [2.75, 3.05) is 5.73 Å². The van der Waals surface area contributed by atoms with E-state index in [0.717, 1.165) is 33.8 Å². The third-order valence-corrected chi connectivity index (χ3v) is 3.85. The number of nitrogens with two attached hydrogens (primary N) is 1. The Hall–Kier alpha value is -1.29. The van der Waals surface area contributed by atoms with E-state index in [9.17, 15) is 0 Å². The predicted octanol–water partition coefficient (Wildman–Crippen LogP) is 3.30. The van der Waals surface area contributed by atoms with Crippen LogP contribution in [-0.2, 0) is 13.5 Å². The largest absolute Gasteiger partial charge is 0.383 e. The fourth-order valence-corrected chi connectivity index (χ4v) is 2.21. The van der Waals surface area contributed by atoms with Gasteiger partial charge >= 0.3 is 0 Å². The number of benzene rings is 1. The summed E-state index contributed by atoms with van der Waals surface area (Å²) in [5, 5.41) is 0. The number of hydrogen-bond donors (Lipinski definition) is 1. The van der Waals surface area contributed by atoms with Crippen molar-refractivity contribution in [1.29, 1.82) is 0 Å². The van der Waals surface area contributed by atoms with Gasteiger partial charge in [-0.05, 0) is 18.6 Å². The molecule has 0 radical (unpaired) electrons. The Labute approximate surface area is 110 Å². The molecule has 0 aliphatic rings. The molecule has 4 heteroatoms. The number of halogens is 1. The number of hydrogen-bond acceptors (Lipinski definition) is 2. The first kappa shape index (κ1) is 12.2. The van der Waals surface area contributed by atoms with Gasteiger partial charge in [-0.3, -0.25) is 0 Å². The molecule has 90 valence electrons. The molecule has 1 aromatic carbocycles. The lowest BCUT2D eigenvalue weighted by molar-refractivity contribution is 0.816. The average molecular weight is 294 g/mol. The summed E-state index contributed by atoms with van der Waals surface area (Å²) in [5.74, 6) is 1.73. The normalized spacial score (nSPS) is 10.8. The number of nitrogens with zero attached hydrogens (tertiary/aromatic N) is 2. The van der Waals surface area contributed by atoms with Crippen molar-refractivity contribution in [2.24, 2.45) is 7.05 Å². The van der Waals surface area contributed by atoms with Gasteiger partial charge in [-0.25, -0.2) is 4.98 Å². The molecule has 0 bridgehead atoms. The van der Waals surface area contributed by atoms with Gasteiger partial charge in [0.05, 0.1) is 0 Å². The minimum absolute atomic E-state index is 0.720. The van der Waals surface area contributed by atoms with E-state index in [4.69, 9.17) is 5.73 Å². The van der Waals surface area contributed by atoms with Crippen LogP contribution >= 0.6 is 15.9 Å². The van der Waals surface area contributed by atoms with Crippen molar-refractivity contribution in [1.82, 2.24) is 9.55 Å². The zero-order valence-corrected chi connectivity index (χ0v) is 11.9. The maximum atomic E-state index is 6.08. The van der Waals surface area contributed by atoms with E-state index in [2.05, 4.69) is 53.0 Å². The van der Waals surface area contributed by atoms with Crippen LogP contribution in [0.4, 0.5) is 5.82 Å². The van der Waals surface area contributed by atoms with Gasteiger partial charge < -0.3 is 10.3 Å². The zero-order valence-electron chi connectivity index (χ0n) is 10.3. The maximum absolute atomic E-state index is 6.08. The second-order valence-electron chi connectivity index (χ2n) is 4.14. The first-order valence-corrected chi connectivity index (χ1v) is 6.41.